The van der Waals surface area contributed by atoms with Crippen molar-refractivity contribution >= 4 is 41.7 Å². The standard InChI is InChI=1S/C15H27F3N4S.HI/c1-3-13-10-22(7-8-23-13)14(19-4-2)20-12-5-6-21(9-12)11-15(16,17)18;/h12-13H,3-11H2,1-2H3,(H,19,20);1H. The summed E-state index contributed by atoms with van der Waals surface area (Å²) in [6, 6.07) is 0.0531. The van der Waals surface area contributed by atoms with E-state index < -0.39 is 12.7 Å². The summed E-state index contributed by atoms with van der Waals surface area (Å²) in [6.45, 7) is 6.88. The van der Waals surface area contributed by atoms with Gasteiger partial charge >= 0.3 is 6.18 Å². The molecule has 2 atom stereocenters. The molecule has 142 valence electrons. The molecule has 2 heterocycles. The SMILES string of the molecule is CCN=C(NC1CCN(CC(F)(F)F)C1)N1CCSC(CC)C1.I. The van der Waals surface area contributed by atoms with Crippen LogP contribution in [0.4, 0.5) is 13.2 Å². The van der Waals surface area contributed by atoms with Crippen LogP contribution in [0.15, 0.2) is 4.99 Å². The molecule has 2 saturated heterocycles. The molecule has 1 N–H and O–H groups in total. The highest BCUT2D eigenvalue weighted by Gasteiger charge is 2.35. The van der Waals surface area contributed by atoms with Crippen LogP contribution in [0.1, 0.15) is 26.7 Å². The number of rotatable bonds is 4. The van der Waals surface area contributed by atoms with Crippen molar-refractivity contribution in [3.8, 4) is 0 Å². The number of alkyl halides is 3. The quantitative estimate of drug-likeness (QED) is 0.381. The zero-order valence-corrected chi connectivity index (χ0v) is 17.5. The van der Waals surface area contributed by atoms with E-state index in [1.807, 2.05) is 18.7 Å². The van der Waals surface area contributed by atoms with Gasteiger partial charge in [-0.05, 0) is 19.8 Å². The maximum atomic E-state index is 12.5. The second kappa shape index (κ2) is 10.3. The summed E-state index contributed by atoms with van der Waals surface area (Å²) in [7, 11) is 0. The molecule has 2 rings (SSSR count). The van der Waals surface area contributed by atoms with Gasteiger partial charge in [0.2, 0.25) is 0 Å². The molecule has 2 fully saturated rings. The van der Waals surface area contributed by atoms with Crippen LogP contribution in [0.3, 0.4) is 0 Å². The third kappa shape index (κ3) is 7.15. The van der Waals surface area contributed by atoms with E-state index in [1.54, 1.807) is 0 Å². The first kappa shape index (κ1) is 22.1. The number of hydrogen-bond donors (Lipinski definition) is 1. The van der Waals surface area contributed by atoms with E-state index in [4.69, 9.17) is 0 Å². The van der Waals surface area contributed by atoms with Gasteiger partial charge in [-0.25, -0.2) is 0 Å². The van der Waals surface area contributed by atoms with Gasteiger partial charge in [0.1, 0.15) is 0 Å². The van der Waals surface area contributed by atoms with Crippen molar-refractivity contribution in [2.75, 3.05) is 45.0 Å². The topological polar surface area (TPSA) is 30.9 Å². The fourth-order valence-corrected chi connectivity index (χ4v) is 4.26. The number of nitrogens with zero attached hydrogens (tertiary/aromatic N) is 3. The molecule has 0 radical (unpaired) electrons. The van der Waals surface area contributed by atoms with Gasteiger partial charge in [0.25, 0.3) is 0 Å². The molecule has 2 unspecified atom stereocenters. The molecule has 0 saturated carbocycles. The van der Waals surface area contributed by atoms with Gasteiger partial charge in [-0.2, -0.15) is 24.9 Å². The minimum absolute atomic E-state index is 0. The molecule has 0 aliphatic carbocycles. The van der Waals surface area contributed by atoms with E-state index in [9.17, 15) is 13.2 Å². The third-order valence-electron chi connectivity index (χ3n) is 4.21. The summed E-state index contributed by atoms with van der Waals surface area (Å²) in [5.41, 5.74) is 0. The Morgan fingerprint density at radius 2 is 2.00 bits per heavy atom. The van der Waals surface area contributed by atoms with E-state index in [0.29, 0.717) is 24.9 Å². The lowest BCUT2D eigenvalue weighted by molar-refractivity contribution is -0.143. The van der Waals surface area contributed by atoms with E-state index in [0.717, 1.165) is 37.6 Å². The number of halogens is 4. The first-order valence-corrected chi connectivity index (χ1v) is 9.42. The van der Waals surface area contributed by atoms with Crippen LogP contribution < -0.4 is 5.32 Å². The summed E-state index contributed by atoms with van der Waals surface area (Å²) >= 11 is 1.99. The summed E-state index contributed by atoms with van der Waals surface area (Å²) in [5.74, 6) is 1.94. The van der Waals surface area contributed by atoms with Gasteiger partial charge in [0.15, 0.2) is 5.96 Å². The monoisotopic (exact) mass is 480 g/mol. The second-order valence-electron chi connectivity index (χ2n) is 6.13. The summed E-state index contributed by atoms with van der Waals surface area (Å²) in [6.07, 6.45) is -2.25. The van der Waals surface area contributed by atoms with Crippen LogP contribution >= 0.6 is 35.7 Å². The summed E-state index contributed by atoms with van der Waals surface area (Å²) in [5, 5.41) is 4.01. The number of thioether (sulfide) groups is 1. The summed E-state index contributed by atoms with van der Waals surface area (Å²) in [4.78, 5) is 8.30. The van der Waals surface area contributed by atoms with Crippen molar-refractivity contribution in [1.29, 1.82) is 0 Å². The van der Waals surface area contributed by atoms with Crippen LogP contribution in [-0.4, -0.2) is 78.2 Å². The van der Waals surface area contributed by atoms with Crippen molar-refractivity contribution in [3.63, 3.8) is 0 Å². The lowest BCUT2D eigenvalue weighted by atomic mass is 10.2. The predicted molar refractivity (Wildman–Crippen MR) is 106 cm³/mol. The van der Waals surface area contributed by atoms with Gasteiger partial charge in [-0.1, -0.05) is 6.92 Å². The Morgan fingerprint density at radius 1 is 1.25 bits per heavy atom. The lowest BCUT2D eigenvalue weighted by Crippen LogP contribution is -2.51. The van der Waals surface area contributed by atoms with Crippen molar-refractivity contribution in [3.05, 3.63) is 0 Å². The van der Waals surface area contributed by atoms with Crippen molar-refractivity contribution in [1.82, 2.24) is 15.1 Å². The minimum atomic E-state index is -4.12. The Kier molecular flexibility index (Phi) is 9.50. The highest BCUT2D eigenvalue weighted by Crippen LogP contribution is 2.22. The molecule has 9 heteroatoms. The number of likely N-dealkylation sites (tertiary alicyclic amines) is 1. The molecule has 0 aromatic carbocycles. The van der Waals surface area contributed by atoms with Gasteiger partial charge in [0, 0.05) is 49.8 Å². The Hall–Kier alpha value is 0.1000. The fraction of sp³-hybridized carbons (Fsp3) is 0.933. The average Bonchev–Trinajstić information content (AvgIpc) is 2.92. The van der Waals surface area contributed by atoms with Crippen molar-refractivity contribution < 1.29 is 13.2 Å². The maximum absolute atomic E-state index is 12.5. The van der Waals surface area contributed by atoms with Crippen LogP contribution in [0.5, 0.6) is 0 Å². The van der Waals surface area contributed by atoms with Crippen LogP contribution in [0.25, 0.3) is 0 Å². The minimum Gasteiger partial charge on any atom is -0.352 e. The number of nitrogens with one attached hydrogen (secondary N) is 1. The van der Waals surface area contributed by atoms with Gasteiger partial charge in [-0.3, -0.25) is 9.89 Å². The highest BCUT2D eigenvalue weighted by atomic mass is 127. The first-order valence-electron chi connectivity index (χ1n) is 8.38. The Bertz CT molecular complexity index is 409. The largest absolute Gasteiger partial charge is 0.401 e. The molecule has 2 aliphatic rings. The third-order valence-corrected chi connectivity index (χ3v) is 5.58. The molecule has 4 nitrogen and oxygen atoms in total. The second-order valence-corrected chi connectivity index (χ2v) is 7.53. The smallest absolute Gasteiger partial charge is 0.352 e. The summed E-state index contributed by atoms with van der Waals surface area (Å²) < 4.78 is 37.5. The molecule has 0 aromatic rings. The molecule has 2 aliphatic heterocycles. The lowest BCUT2D eigenvalue weighted by Gasteiger charge is -2.35. The zero-order chi connectivity index (χ0) is 16.9. The average molecular weight is 480 g/mol. The van der Waals surface area contributed by atoms with Crippen molar-refractivity contribution in [2.24, 2.45) is 4.99 Å². The Morgan fingerprint density at radius 3 is 2.62 bits per heavy atom. The molecule has 0 spiro atoms. The number of hydrogen-bond acceptors (Lipinski definition) is 3. The van der Waals surface area contributed by atoms with E-state index in [-0.39, 0.29) is 30.0 Å². The highest BCUT2D eigenvalue weighted by molar-refractivity contribution is 14.0. The first-order chi connectivity index (χ1) is 10.9. The van der Waals surface area contributed by atoms with Gasteiger partial charge in [-0.15, -0.1) is 24.0 Å². The molecule has 0 amide bonds. The predicted octanol–water partition coefficient (Wildman–Crippen LogP) is 3.03. The number of guanidine groups is 1. The van der Waals surface area contributed by atoms with Gasteiger partial charge in [0.05, 0.1) is 6.54 Å². The molecule has 24 heavy (non-hydrogen) atoms. The molecular formula is C15H28F3IN4S. The van der Waals surface area contributed by atoms with E-state index in [2.05, 4.69) is 22.1 Å². The van der Waals surface area contributed by atoms with Crippen LogP contribution in [0.2, 0.25) is 0 Å². The van der Waals surface area contributed by atoms with E-state index in [1.165, 1.54) is 4.90 Å². The van der Waals surface area contributed by atoms with Crippen molar-refractivity contribution in [2.45, 2.75) is 44.2 Å². The number of aliphatic imine (C=N–C) groups is 1. The van der Waals surface area contributed by atoms with Crippen LogP contribution in [0, 0.1) is 0 Å². The van der Waals surface area contributed by atoms with Gasteiger partial charge < -0.3 is 10.2 Å². The fourth-order valence-electron chi connectivity index (χ4n) is 3.08. The normalized spacial score (nSPS) is 26.4. The Labute approximate surface area is 164 Å². The molecule has 0 aromatic heterocycles. The molecular weight excluding hydrogens is 452 g/mol. The maximum Gasteiger partial charge on any atom is 0.401 e. The zero-order valence-electron chi connectivity index (χ0n) is 14.3. The van der Waals surface area contributed by atoms with Crippen LogP contribution in [-0.2, 0) is 0 Å². The Balaban J connectivity index is 0.00000288. The van der Waals surface area contributed by atoms with E-state index >= 15 is 0 Å². The molecule has 0 bridgehead atoms.